The molecule has 5 rings (SSSR count). The van der Waals surface area contributed by atoms with Gasteiger partial charge in [-0.05, 0) is 62.3 Å². The van der Waals surface area contributed by atoms with E-state index in [0.717, 1.165) is 61.1 Å². The Morgan fingerprint density at radius 3 is 2.61 bits per heavy atom. The number of fused-ring (bicyclic) bond motifs is 1. The van der Waals surface area contributed by atoms with Crippen LogP contribution in [0, 0.1) is 0 Å². The van der Waals surface area contributed by atoms with E-state index in [0.29, 0.717) is 5.92 Å². The highest BCUT2D eigenvalue weighted by Gasteiger charge is 2.24. The van der Waals surface area contributed by atoms with Gasteiger partial charge in [0.25, 0.3) is 0 Å². The third-order valence-corrected chi connectivity index (χ3v) is 5.32. The molecule has 6 nitrogen and oxygen atoms in total. The first-order chi connectivity index (χ1) is 13.8. The maximum absolute atomic E-state index is 5.47. The molecule has 0 aliphatic carbocycles. The molecule has 0 atom stereocenters. The third-order valence-electron chi connectivity index (χ3n) is 5.32. The molecule has 0 spiro atoms. The molecule has 0 radical (unpaired) electrons. The molecule has 3 aromatic heterocycles. The van der Waals surface area contributed by atoms with Gasteiger partial charge in [-0.3, -0.25) is 4.90 Å². The predicted molar refractivity (Wildman–Crippen MR) is 109 cm³/mol. The number of nitrogens with zero attached hydrogens (tertiary/aromatic N) is 4. The lowest BCUT2D eigenvalue weighted by molar-refractivity contribution is 0.188. The fraction of sp³-hybridized carbons (Fsp3) is 0.273. The fourth-order valence-corrected chi connectivity index (χ4v) is 3.81. The minimum absolute atomic E-state index is 0.415. The normalized spacial score (nSPS) is 15.9. The minimum Gasteiger partial charge on any atom is -0.468 e. The molecule has 0 unspecified atom stereocenters. The number of anilines is 2. The highest BCUT2D eigenvalue weighted by Crippen LogP contribution is 2.27. The Morgan fingerprint density at radius 2 is 1.82 bits per heavy atom. The highest BCUT2D eigenvalue weighted by atomic mass is 16.3. The van der Waals surface area contributed by atoms with Gasteiger partial charge in [0, 0.05) is 11.6 Å². The number of nitrogens with one attached hydrogen (secondary N) is 1. The first-order valence-corrected chi connectivity index (χ1v) is 9.77. The van der Waals surface area contributed by atoms with E-state index < -0.39 is 0 Å². The van der Waals surface area contributed by atoms with Crippen molar-refractivity contribution in [3.8, 4) is 0 Å². The SMILES string of the molecule is c1ccc(Nc2ccc3nc(C4CCN(Cc5ccco5)CC4)nn3c2)cc1. The van der Waals surface area contributed by atoms with Gasteiger partial charge in [-0.2, -0.15) is 5.10 Å². The number of rotatable bonds is 5. The molecule has 1 aliphatic rings. The molecule has 28 heavy (non-hydrogen) atoms. The molecule has 0 amide bonds. The van der Waals surface area contributed by atoms with E-state index in [9.17, 15) is 0 Å². The van der Waals surface area contributed by atoms with E-state index in [-0.39, 0.29) is 0 Å². The van der Waals surface area contributed by atoms with Crippen molar-refractivity contribution in [2.24, 2.45) is 0 Å². The molecule has 0 saturated carbocycles. The van der Waals surface area contributed by atoms with Crippen molar-refractivity contribution < 1.29 is 4.42 Å². The van der Waals surface area contributed by atoms with Gasteiger partial charge in [0.1, 0.15) is 5.76 Å². The van der Waals surface area contributed by atoms with E-state index >= 15 is 0 Å². The van der Waals surface area contributed by atoms with Crippen LogP contribution in [0.1, 0.15) is 30.3 Å². The number of hydrogen-bond acceptors (Lipinski definition) is 5. The van der Waals surface area contributed by atoms with Crippen LogP contribution in [-0.2, 0) is 6.54 Å². The molecule has 142 valence electrons. The van der Waals surface area contributed by atoms with Gasteiger partial charge in [0.2, 0.25) is 0 Å². The predicted octanol–water partition coefficient (Wildman–Crippen LogP) is 4.45. The highest BCUT2D eigenvalue weighted by molar-refractivity contribution is 5.60. The number of pyridine rings is 1. The Kier molecular flexibility index (Phi) is 4.54. The summed E-state index contributed by atoms with van der Waals surface area (Å²) in [6.45, 7) is 2.97. The second kappa shape index (κ2) is 7.48. The van der Waals surface area contributed by atoms with Crippen LogP contribution in [0.2, 0.25) is 0 Å². The Hall–Kier alpha value is -3.12. The minimum atomic E-state index is 0.415. The van der Waals surface area contributed by atoms with Crippen LogP contribution in [0.25, 0.3) is 5.65 Å². The maximum atomic E-state index is 5.47. The molecule has 0 bridgehead atoms. The van der Waals surface area contributed by atoms with Gasteiger partial charge in [-0.15, -0.1) is 0 Å². The lowest BCUT2D eigenvalue weighted by Gasteiger charge is -2.29. The third kappa shape index (κ3) is 3.64. The standard InChI is InChI=1S/C22H23N5O/c1-2-5-18(6-3-1)23-19-8-9-21-24-22(25-27(21)15-19)17-10-12-26(13-11-17)16-20-7-4-14-28-20/h1-9,14-15,17,23H,10-13,16H2. The molecule has 1 N–H and O–H groups in total. The number of aromatic nitrogens is 3. The topological polar surface area (TPSA) is 58.6 Å². The zero-order valence-electron chi connectivity index (χ0n) is 15.7. The Labute approximate surface area is 163 Å². The van der Waals surface area contributed by atoms with Crippen molar-refractivity contribution >= 4 is 17.0 Å². The Bertz CT molecular complexity index is 1030. The summed E-state index contributed by atoms with van der Waals surface area (Å²) >= 11 is 0. The molecule has 1 fully saturated rings. The van der Waals surface area contributed by atoms with Crippen molar-refractivity contribution in [2.75, 3.05) is 18.4 Å². The zero-order valence-corrected chi connectivity index (χ0v) is 15.7. The van der Waals surface area contributed by atoms with Crippen molar-refractivity contribution in [1.82, 2.24) is 19.5 Å². The van der Waals surface area contributed by atoms with Crippen LogP contribution in [0.15, 0.2) is 71.5 Å². The smallest absolute Gasteiger partial charge is 0.155 e. The molecule has 6 heteroatoms. The lowest BCUT2D eigenvalue weighted by atomic mass is 9.96. The van der Waals surface area contributed by atoms with Crippen molar-refractivity contribution in [1.29, 1.82) is 0 Å². The summed E-state index contributed by atoms with van der Waals surface area (Å²) in [6, 6.07) is 18.2. The van der Waals surface area contributed by atoms with Gasteiger partial charge < -0.3 is 9.73 Å². The first-order valence-electron chi connectivity index (χ1n) is 9.77. The van der Waals surface area contributed by atoms with Crippen molar-refractivity contribution in [3.63, 3.8) is 0 Å². The van der Waals surface area contributed by atoms with E-state index in [1.54, 1.807) is 6.26 Å². The Balaban J connectivity index is 1.26. The van der Waals surface area contributed by atoms with Gasteiger partial charge in [-0.25, -0.2) is 9.50 Å². The number of para-hydroxylation sites is 1. The summed E-state index contributed by atoms with van der Waals surface area (Å²) in [7, 11) is 0. The van der Waals surface area contributed by atoms with Crippen LogP contribution < -0.4 is 5.32 Å². The molecule has 1 aromatic carbocycles. The lowest BCUT2D eigenvalue weighted by Crippen LogP contribution is -2.32. The number of benzene rings is 1. The van der Waals surface area contributed by atoms with Gasteiger partial charge in [0.15, 0.2) is 11.5 Å². The van der Waals surface area contributed by atoms with E-state index in [2.05, 4.69) is 10.2 Å². The Morgan fingerprint density at radius 1 is 0.964 bits per heavy atom. The fourth-order valence-electron chi connectivity index (χ4n) is 3.81. The summed E-state index contributed by atoms with van der Waals surface area (Å²) in [5, 5.41) is 8.18. The van der Waals surface area contributed by atoms with E-state index in [1.807, 2.05) is 65.3 Å². The van der Waals surface area contributed by atoms with Crippen LogP contribution in [0.5, 0.6) is 0 Å². The molecule has 1 saturated heterocycles. The summed E-state index contributed by atoms with van der Waals surface area (Å²) in [5.41, 5.74) is 2.96. The summed E-state index contributed by atoms with van der Waals surface area (Å²) in [6.07, 6.45) is 5.90. The number of hydrogen-bond donors (Lipinski definition) is 1. The van der Waals surface area contributed by atoms with Gasteiger partial charge in [0.05, 0.1) is 24.7 Å². The zero-order chi connectivity index (χ0) is 18.8. The van der Waals surface area contributed by atoms with Crippen molar-refractivity contribution in [2.45, 2.75) is 25.3 Å². The maximum Gasteiger partial charge on any atom is 0.155 e. The van der Waals surface area contributed by atoms with Gasteiger partial charge in [-0.1, -0.05) is 18.2 Å². The first kappa shape index (κ1) is 17.0. The quantitative estimate of drug-likeness (QED) is 0.560. The van der Waals surface area contributed by atoms with Crippen LogP contribution in [0.4, 0.5) is 11.4 Å². The van der Waals surface area contributed by atoms with Gasteiger partial charge >= 0.3 is 0 Å². The average molecular weight is 373 g/mol. The summed E-state index contributed by atoms with van der Waals surface area (Å²) in [5.74, 6) is 2.40. The number of furan rings is 1. The number of likely N-dealkylation sites (tertiary alicyclic amines) is 1. The molecule has 4 heterocycles. The second-order valence-corrected chi connectivity index (χ2v) is 7.31. The molecular weight excluding hydrogens is 350 g/mol. The van der Waals surface area contributed by atoms with Crippen molar-refractivity contribution in [3.05, 3.63) is 78.6 Å². The average Bonchev–Trinajstić information content (AvgIpc) is 3.39. The van der Waals surface area contributed by atoms with E-state index in [4.69, 9.17) is 14.5 Å². The number of piperidine rings is 1. The van der Waals surface area contributed by atoms with Crippen LogP contribution in [-0.4, -0.2) is 32.6 Å². The molecule has 4 aromatic rings. The van der Waals surface area contributed by atoms with E-state index in [1.165, 1.54) is 0 Å². The van der Waals surface area contributed by atoms with Crippen LogP contribution >= 0.6 is 0 Å². The largest absolute Gasteiger partial charge is 0.468 e. The summed E-state index contributed by atoms with van der Waals surface area (Å²) < 4.78 is 7.35. The summed E-state index contributed by atoms with van der Waals surface area (Å²) in [4.78, 5) is 7.21. The molecule has 1 aliphatic heterocycles. The monoisotopic (exact) mass is 373 g/mol. The molecular formula is C22H23N5O. The van der Waals surface area contributed by atoms with Crippen LogP contribution in [0.3, 0.4) is 0 Å². The second-order valence-electron chi connectivity index (χ2n) is 7.31.